The highest BCUT2D eigenvalue weighted by Crippen LogP contribution is 2.25. The van der Waals surface area contributed by atoms with Crippen LogP contribution in [0.5, 0.6) is 0 Å². The van der Waals surface area contributed by atoms with Crippen LogP contribution in [0.15, 0.2) is 72.8 Å². The van der Waals surface area contributed by atoms with Gasteiger partial charge in [0.15, 0.2) is 0 Å². The van der Waals surface area contributed by atoms with E-state index in [4.69, 9.17) is 0 Å². The van der Waals surface area contributed by atoms with Crippen LogP contribution in [0.3, 0.4) is 0 Å². The Bertz CT molecular complexity index is 1110. The molecule has 162 valence electrons. The van der Waals surface area contributed by atoms with Gasteiger partial charge in [0.2, 0.25) is 5.91 Å². The maximum atomic E-state index is 12.9. The first-order valence-electron chi connectivity index (χ1n) is 11.5. The summed E-state index contributed by atoms with van der Waals surface area (Å²) in [5.41, 5.74) is 6.61. The molecular weight excluding hydrogens is 396 g/mol. The first-order valence-corrected chi connectivity index (χ1v) is 11.5. The maximum absolute atomic E-state index is 12.9. The van der Waals surface area contributed by atoms with E-state index in [9.17, 15) is 9.59 Å². The lowest BCUT2D eigenvalue weighted by molar-refractivity contribution is -0.126. The third-order valence-electron chi connectivity index (χ3n) is 6.68. The fourth-order valence-electron chi connectivity index (χ4n) is 4.92. The van der Waals surface area contributed by atoms with Crippen molar-refractivity contribution in [1.29, 1.82) is 0 Å². The second-order valence-electron chi connectivity index (χ2n) is 8.96. The van der Waals surface area contributed by atoms with E-state index in [0.29, 0.717) is 5.56 Å². The molecule has 2 amide bonds. The smallest absolute Gasteiger partial charge is 0.251 e. The molecule has 0 radical (unpaired) electrons. The lowest BCUT2D eigenvalue weighted by atomic mass is 9.91. The zero-order valence-electron chi connectivity index (χ0n) is 18.1. The Labute approximate surface area is 189 Å². The highest BCUT2D eigenvalue weighted by Gasteiger charge is 2.23. The number of benzene rings is 3. The van der Waals surface area contributed by atoms with Crippen LogP contribution in [0.25, 0.3) is 11.1 Å². The van der Waals surface area contributed by atoms with Gasteiger partial charge < -0.3 is 10.6 Å². The van der Waals surface area contributed by atoms with Crippen molar-refractivity contribution in [2.75, 3.05) is 6.54 Å². The van der Waals surface area contributed by atoms with Crippen LogP contribution in [0.4, 0.5) is 0 Å². The summed E-state index contributed by atoms with van der Waals surface area (Å²) >= 11 is 0. The van der Waals surface area contributed by atoms with Gasteiger partial charge in [-0.25, -0.2) is 0 Å². The van der Waals surface area contributed by atoms with Crippen LogP contribution in [-0.2, 0) is 24.1 Å². The van der Waals surface area contributed by atoms with Crippen molar-refractivity contribution in [2.45, 2.75) is 38.1 Å². The summed E-state index contributed by atoms with van der Waals surface area (Å²) in [6.07, 6.45) is 4.57. The van der Waals surface area contributed by atoms with Crippen molar-refractivity contribution in [3.8, 4) is 11.1 Å². The van der Waals surface area contributed by atoms with Crippen LogP contribution in [-0.4, -0.2) is 24.4 Å². The topological polar surface area (TPSA) is 58.2 Å². The van der Waals surface area contributed by atoms with Gasteiger partial charge in [0.05, 0.1) is 0 Å². The van der Waals surface area contributed by atoms with E-state index in [1.165, 1.54) is 16.7 Å². The van der Waals surface area contributed by atoms with Gasteiger partial charge >= 0.3 is 0 Å². The Balaban J connectivity index is 1.24. The molecule has 0 unspecified atom stereocenters. The molecule has 1 aliphatic carbocycles. The summed E-state index contributed by atoms with van der Waals surface area (Å²) in [7, 11) is 0. The molecule has 1 saturated heterocycles. The van der Waals surface area contributed by atoms with Crippen LogP contribution >= 0.6 is 0 Å². The molecule has 0 saturated carbocycles. The Morgan fingerprint density at radius 3 is 2.38 bits per heavy atom. The molecule has 5 rings (SSSR count). The van der Waals surface area contributed by atoms with Crippen molar-refractivity contribution in [3.63, 3.8) is 0 Å². The van der Waals surface area contributed by atoms with E-state index >= 15 is 0 Å². The quantitative estimate of drug-likeness (QED) is 0.641. The number of hydrogen-bond acceptors (Lipinski definition) is 2. The first-order chi connectivity index (χ1) is 15.7. The molecule has 3 aromatic rings. The molecule has 3 aromatic carbocycles. The molecule has 1 fully saturated rings. The molecule has 1 heterocycles. The molecule has 4 heteroatoms. The predicted octanol–water partition coefficient (Wildman–Crippen LogP) is 4.32. The zero-order chi connectivity index (χ0) is 21.9. The van der Waals surface area contributed by atoms with E-state index in [1.54, 1.807) is 0 Å². The Morgan fingerprint density at radius 1 is 0.906 bits per heavy atom. The summed E-state index contributed by atoms with van der Waals surface area (Å²) < 4.78 is 0. The van der Waals surface area contributed by atoms with Crippen molar-refractivity contribution in [3.05, 3.63) is 95.1 Å². The predicted molar refractivity (Wildman–Crippen MR) is 126 cm³/mol. The SMILES string of the molecule is O=C(NC1Cc2ccccc2C1)c1cccc(-c2ccc(C[C@@H]3CCCNC3=O)cc2)c1. The van der Waals surface area contributed by atoms with Crippen LogP contribution < -0.4 is 10.6 Å². The summed E-state index contributed by atoms with van der Waals surface area (Å²) in [6, 6.07) is 24.7. The highest BCUT2D eigenvalue weighted by molar-refractivity contribution is 5.95. The maximum Gasteiger partial charge on any atom is 0.251 e. The van der Waals surface area contributed by atoms with E-state index in [-0.39, 0.29) is 23.8 Å². The fourth-order valence-corrected chi connectivity index (χ4v) is 4.92. The number of amides is 2. The average Bonchev–Trinajstić information content (AvgIpc) is 3.23. The van der Waals surface area contributed by atoms with Gasteiger partial charge in [-0.05, 0) is 72.1 Å². The molecule has 0 spiro atoms. The second kappa shape index (κ2) is 8.99. The largest absolute Gasteiger partial charge is 0.356 e. The summed E-state index contributed by atoms with van der Waals surface area (Å²) in [5, 5.41) is 6.16. The number of carbonyl (C=O) groups excluding carboxylic acids is 2. The summed E-state index contributed by atoms with van der Waals surface area (Å²) in [6.45, 7) is 0.797. The number of nitrogens with one attached hydrogen (secondary N) is 2. The number of piperidine rings is 1. The number of rotatable bonds is 5. The van der Waals surface area contributed by atoms with Crippen molar-refractivity contribution in [2.24, 2.45) is 5.92 Å². The number of carbonyl (C=O) groups is 2. The molecule has 32 heavy (non-hydrogen) atoms. The van der Waals surface area contributed by atoms with Crippen molar-refractivity contribution < 1.29 is 9.59 Å². The van der Waals surface area contributed by atoms with E-state index < -0.39 is 0 Å². The molecule has 0 bridgehead atoms. The minimum absolute atomic E-state index is 0.0235. The van der Waals surface area contributed by atoms with Crippen molar-refractivity contribution in [1.82, 2.24) is 10.6 Å². The third-order valence-corrected chi connectivity index (χ3v) is 6.68. The van der Waals surface area contributed by atoms with E-state index in [1.807, 2.05) is 24.3 Å². The van der Waals surface area contributed by atoms with Crippen molar-refractivity contribution >= 4 is 11.8 Å². The van der Waals surface area contributed by atoms with Gasteiger partial charge in [-0.15, -0.1) is 0 Å². The third kappa shape index (κ3) is 4.45. The molecule has 2 aliphatic rings. The minimum atomic E-state index is -0.0235. The summed E-state index contributed by atoms with van der Waals surface area (Å²) in [4.78, 5) is 24.9. The highest BCUT2D eigenvalue weighted by atomic mass is 16.2. The Hall–Kier alpha value is -3.40. The van der Waals surface area contributed by atoms with Gasteiger partial charge in [-0.2, -0.15) is 0 Å². The number of fused-ring (bicyclic) bond motifs is 1. The zero-order valence-corrected chi connectivity index (χ0v) is 18.1. The molecule has 1 aliphatic heterocycles. The second-order valence-corrected chi connectivity index (χ2v) is 8.96. The fraction of sp³-hybridized carbons (Fsp3) is 0.286. The van der Waals surface area contributed by atoms with Gasteiger partial charge in [0.1, 0.15) is 0 Å². The number of hydrogen-bond donors (Lipinski definition) is 2. The minimum Gasteiger partial charge on any atom is -0.356 e. The lowest BCUT2D eigenvalue weighted by Crippen LogP contribution is -2.37. The van der Waals surface area contributed by atoms with Crippen LogP contribution in [0.1, 0.15) is 39.9 Å². The van der Waals surface area contributed by atoms with Gasteiger partial charge in [0.25, 0.3) is 5.91 Å². The lowest BCUT2D eigenvalue weighted by Gasteiger charge is -2.21. The van der Waals surface area contributed by atoms with Gasteiger partial charge in [-0.1, -0.05) is 60.7 Å². The molecule has 4 nitrogen and oxygen atoms in total. The molecule has 2 N–H and O–H groups in total. The standard InChI is InChI=1S/C28H28N2O2/c31-27-24(9-4-14-29-27)15-19-10-12-20(13-11-19)21-7-3-8-25(16-21)28(32)30-26-17-22-5-1-2-6-23(22)18-26/h1-3,5-8,10-13,16,24,26H,4,9,14-15,17-18H2,(H,29,31)(H,30,32)/t24-/m0/s1. The Kier molecular flexibility index (Phi) is 5.76. The first kappa shape index (κ1) is 20.5. The molecule has 1 atom stereocenters. The monoisotopic (exact) mass is 424 g/mol. The van der Waals surface area contributed by atoms with E-state index in [0.717, 1.165) is 49.8 Å². The molecular formula is C28H28N2O2. The van der Waals surface area contributed by atoms with Gasteiger partial charge in [0, 0.05) is 24.1 Å². The van der Waals surface area contributed by atoms with Crippen LogP contribution in [0, 0.1) is 5.92 Å². The average molecular weight is 425 g/mol. The van der Waals surface area contributed by atoms with Crippen LogP contribution in [0.2, 0.25) is 0 Å². The van der Waals surface area contributed by atoms with E-state index in [2.05, 4.69) is 59.2 Å². The van der Waals surface area contributed by atoms with Gasteiger partial charge in [-0.3, -0.25) is 9.59 Å². The summed E-state index contributed by atoms with van der Waals surface area (Å²) in [5.74, 6) is 0.220. The Morgan fingerprint density at radius 2 is 1.66 bits per heavy atom. The molecule has 0 aromatic heterocycles. The normalized spacial score (nSPS) is 18.1.